The van der Waals surface area contributed by atoms with E-state index in [1.165, 1.54) is 6.07 Å². The van der Waals surface area contributed by atoms with Crippen LogP contribution < -0.4 is 0 Å². The van der Waals surface area contributed by atoms with Crippen LogP contribution in [0.15, 0.2) is 24.3 Å². The maximum absolute atomic E-state index is 13.7. The van der Waals surface area contributed by atoms with Crippen molar-refractivity contribution in [1.29, 1.82) is 0 Å². The summed E-state index contributed by atoms with van der Waals surface area (Å²) >= 11 is 0. The van der Waals surface area contributed by atoms with Gasteiger partial charge in [0, 0.05) is 19.0 Å². The second-order valence-corrected chi connectivity index (χ2v) is 5.93. The molecule has 1 aromatic carbocycles. The van der Waals surface area contributed by atoms with Crippen LogP contribution in [0.3, 0.4) is 0 Å². The molecule has 1 amide bonds. The third-order valence-corrected chi connectivity index (χ3v) is 3.18. The Labute approximate surface area is 113 Å². The summed E-state index contributed by atoms with van der Waals surface area (Å²) in [7, 11) is 0. The number of ether oxygens (including phenoxy) is 1. The number of carbonyl (C=O) groups is 1. The van der Waals surface area contributed by atoms with E-state index in [1.807, 2.05) is 26.8 Å². The molecule has 1 aliphatic rings. The first-order chi connectivity index (χ1) is 8.87. The van der Waals surface area contributed by atoms with Gasteiger partial charge in [-0.3, -0.25) is 0 Å². The number of benzene rings is 1. The molecule has 0 aliphatic carbocycles. The molecule has 1 unspecified atom stereocenters. The van der Waals surface area contributed by atoms with Crippen molar-refractivity contribution in [3.05, 3.63) is 35.6 Å². The van der Waals surface area contributed by atoms with E-state index >= 15 is 0 Å². The molecule has 0 spiro atoms. The number of halogens is 1. The van der Waals surface area contributed by atoms with Crippen LogP contribution in [-0.4, -0.2) is 29.7 Å². The second kappa shape index (κ2) is 5.19. The Bertz CT molecular complexity index is 467. The number of carbonyl (C=O) groups excluding carboxylic acids is 1. The average molecular weight is 265 g/mol. The molecule has 1 aliphatic heterocycles. The summed E-state index contributed by atoms with van der Waals surface area (Å²) in [6.45, 7) is 6.67. The lowest BCUT2D eigenvalue weighted by molar-refractivity contribution is 0.0292. The summed E-state index contributed by atoms with van der Waals surface area (Å²) in [5.74, 6) is -0.132. The lowest BCUT2D eigenvalue weighted by atomic mass is 9.98. The highest BCUT2D eigenvalue weighted by Crippen LogP contribution is 2.29. The highest BCUT2D eigenvalue weighted by molar-refractivity contribution is 5.68. The van der Waals surface area contributed by atoms with Gasteiger partial charge in [-0.1, -0.05) is 18.2 Å². The molecule has 0 radical (unpaired) electrons. The molecule has 1 heterocycles. The maximum Gasteiger partial charge on any atom is 0.410 e. The maximum atomic E-state index is 13.7. The fourth-order valence-electron chi connectivity index (χ4n) is 2.31. The monoisotopic (exact) mass is 265 g/mol. The van der Waals surface area contributed by atoms with E-state index in [0.717, 1.165) is 6.42 Å². The van der Waals surface area contributed by atoms with Gasteiger partial charge in [0.05, 0.1) is 0 Å². The van der Waals surface area contributed by atoms with Crippen LogP contribution in [0.4, 0.5) is 9.18 Å². The predicted molar refractivity (Wildman–Crippen MR) is 71.6 cm³/mol. The van der Waals surface area contributed by atoms with E-state index in [-0.39, 0.29) is 17.8 Å². The van der Waals surface area contributed by atoms with Crippen molar-refractivity contribution >= 4 is 6.09 Å². The lowest BCUT2D eigenvalue weighted by Gasteiger charge is -2.24. The molecule has 0 N–H and O–H groups in total. The molecule has 2 rings (SSSR count). The van der Waals surface area contributed by atoms with Crippen molar-refractivity contribution < 1.29 is 13.9 Å². The van der Waals surface area contributed by atoms with Gasteiger partial charge in [-0.05, 0) is 38.8 Å². The molecular formula is C15H20FNO2. The lowest BCUT2D eigenvalue weighted by Crippen LogP contribution is -2.35. The van der Waals surface area contributed by atoms with Crippen LogP contribution in [0.1, 0.15) is 38.7 Å². The van der Waals surface area contributed by atoms with Gasteiger partial charge in [0.2, 0.25) is 0 Å². The van der Waals surface area contributed by atoms with Crippen molar-refractivity contribution in [1.82, 2.24) is 4.90 Å². The molecule has 1 aromatic rings. The summed E-state index contributed by atoms with van der Waals surface area (Å²) in [5, 5.41) is 0. The first-order valence-corrected chi connectivity index (χ1v) is 6.59. The fourth-order valence-corrected chi connectivity index (χ4v) is 2.31. The van der Waals surface area contributed by atoms with Gasteiger partial charge in [0.25, 0.3) is 0 Å². The third kappa shape index (κ3) is 3.46. The summed E-state index contributed by atoms with van der Waals surface area (Å²) in [5.41, 5.74) is 0.196. The normalized spacial score (nSPS) is 19.6. The number of likely N-dealkylation sites (tertiary alicyclic amines) is 1. The van der Waals surface area contributed by atoms with Crippen molar-refractivity contribution in [2.45, 2.75) is 38.7 Å². The first kappa shape index (κ1) is 13.8. The zero-order valence-electron chi connectivity index (χ0n) is 11.6. The summed E-state index contributed by atoms with van der Waals surface area (Å²) in [4.78, 5) is 13.6. The smallest absolute Gasteiger partial charge is 0.410 e. The first-order valence-electron chi connectivity index (χ1n) is 6.59. The number of hydrogen-bond acceptors (Lipinski definition) is 2. The SMILES string of the molecule is CC(C)(C)OC(=O)N1CCC(c2ccccc2F)C1. The molecule has 19 heavy (non-hydrogen) atoms. The molecule has 3 nitrogen and oxygen atoms in total. The van der Waals surface area contributed by atoms with E-state index in [0.29, 0.717) is 18.7 Å². The van der Waals surface area contributed by atoms with Gasteiger partial charge in [-0.2, -0.15) is 0 Å². The fraction of sp³-hybridized carbons (Fsp3) is 0.533. The molecule has 4 heteroatoms. The van der Waals surface area contributed by atoms with Crippen LogP contribution in [0.5, 0.6) is 0 Å². The number of hydrogen-bond donors (Lipinski definition) is 0. The van der Waals surface area contributed by atoms with E-state index < -0.39 is 5.60 Å². The molecule has 1 atom stereocenters. The zero-order valence-corrected chi connectivity index (χ0v) is 11.6. The summed E-state index contributed by atoms with van der Waals surface area (Å²) in [6, 6.07) is 6.76. The molecule has 1 saturated heterocycles. The van der Waals surface area contributed by atoms with Gasteiger partial charge in [0.1, 0.15) is 11.4 Å². The third-order valence-electron chi connectivity index (χ3n) is 3.18. The van der Waals surface area contributed by atoms with Crippen LogP contribution in [-0.2, 0) is 4.74 Å². The number of rotatable bonds is 1. The molecule has 0 saturated carbocycles. The van der Waals surface area contributed by atoms with Crippen LogP contribution in [0.25, 0.3) is 0 Å². The molecular weight excluding hydrogens is 245 g/mol. The van der Waals surface area contributed by atoms with Gasteiger partial charge in [-0.15, -0.1) is 0 Å². The Morgan fingerprint density at radius 1 is 1.37 bits per heavy atom. The largest absolute Gasteiger partial charge is 0.444 e. The van der Waals surface area contributed by atoms with Crippen molar-refractivity contribution in [2.24, 2.45) is 0 Å². The van der Waals surface area contributed by atoms with Gasteiger partial charge in [0.15, 0.2) is 0 Å². The van der Waals surface area contributed by atoms with Gasteiger partial charge >= 0.3 is 6.09 Å². The predicted octanol–water partition coefficient (Wildman–Crippen LogP) is 3.55. The highest BCUT2D eigenvalue weighted by Gasteiger charge is 2.31. The van der Waals surface area contributed by atoms with Crippen LogP contribution in [0, 0.1) is 5.82 Å². The van der Waals surface area contributed by atoms with Crippen molar-refractivity contribution in [2.75, 3.05) is 13.1 Å². The minimum absolute atomic E-state index is 0.0636. The summed E-state index contributed by atoms with van der Waals surface area (Å²) in [6.07, 6.45) is 0.464. The van der Waals surface area contributed by atoms with Crippen molar-refractivity contribution in [3.63, 3.8) is 0 Å². The Balaban J connectivity index is 2.01. The number of amides is 1. The number of nitrogens with zero attached hydrogens (tertiary/aromatic N) is 1. The van der Waals surface area contributed by atoms with Crippen LogP contribution >= 0.6 is 0 Å². The highest BCUT2D eigenvalue weighted by atomic mass is 19.1. The van der Waals surface area contributed by atoms with E-state index in [9.17, 15) is 9.18 Å². The van der Waals surface area contributed by atoms with E-state index in [2.05, 4.69) is 0 Å². The van der Waals surface area contributed by atoms with Gasteiger partial charge < -0.3 is 9.64 Å². The minimum atomic E-state index is -0.493. The topological polar surface area (TPSA) is 29.5 Å². The minimum Gasteiger partial charge on any atom is -0.444 e. The Hall–Kier alpha value is -1.58. The van der Waals surface area contributed by atoms with Crippen LogP contribution in [0.2, 0.25) is 0 Å². The molecule has 0 bridgehead atoms. The van der Waals surface area contributed by atoms with E-state index in [1.54, 1.807) is 17.0 Å². The van der Waals surface area contributed by atoms with E-state index in [4.69, 9.17) is 4.74 Å². The standard InChI is InChI=1S/C15H20FNO2/c1-15(2,3)19-14(18)17-9-8-11(10-17)12-6-4-5-7-13(12)16/h4-7,11H,8-10H2,1-3H3. The quantitative estimate of drug-likeness (QED) is 0.777. The zero-order chi connectivity index (χ0) is 14.0. The summed E-state index contributed by atoms with van der Waals surface area (Å²) < 4.78 is 19.0. The van der Waals surface area contributed by atoms with Crippen molar-refractivity contribution in [3.8, 4) is 0 Å². The van der Waals surface area contributed by atoms with Gasteiger partial charge in [-0.25, -0.2) is 9.18 Å². The molecule has 0 aromatic heterocycles. The average Bonchev–Trinajstić information content (AvgIpc) is 2.76. The Kier molecular flexibility index (Phi) is 3.78. The second-order valence-electron chi connectivity index (χ2n) is 5.93. The molecule has 1 fully saturated rings. The Morgan fingerprint density at radius 2 is 2.05 bits per heavy atom. The molecule has 104 valence electrons. The Morgan fingerprint density at radius 3 is 2.68 bits per heavy atom.